The second-order valence-electron chi connectivity index (χ2n) is 8.18. The number of nitrogens with zero attached hydrogens (tertiary/aromatic N) is 6. The molecule has 6 rings (SSSR count). The molecular weight excluding hydrogens is 436 g/mol. The Kier molecular flexibility index (Phi) is 5.03. The van der Waals surface area contributed by atoms with Crippen molar-refractivity contribution in [3.05, 3.63) is 82.9 Å². The van der Waals surface area contributed by atoms with Gasteiger partial charge >= 0.3 is 6.09 Å². The highest BCUT2D eigenvalue weighted by Crippen LogP contribution is 2.31. The first-order valence-electron chi connectivity index (χ1n) is 10.9. The second kappa shape index (κ2) is 8.32. The summed E-state index contributed by atoms with van der Waals surface area (Å²) >= 11 is 1.72. The van der Waals surface area contributed by atoms with E-state index in [9.17, 15) is 4.79 Å². The van der Waals surface area contributed by atoms with Gasteiger partial charge in [0.15, 0.2) is 5.13 Å². The minimum atomic E-state index is -0.265. The van der Waals surface area contributed by atoms with E-state index in [-0.39, 0.29) is 6.09 Å². The van der Waals surface area contributed by atoms with Crippen LogP contribution in [0.3, 0.4) is 0 Å². The summed E-state index contributed by atoms with van der Waals surface area (Å²) < 4.78 is 6.91. The van der Waals surface area contributed by atoms with E-state index < -0.39 is 0 Å². The van der Waals surface area contributed by atoms with Crippen molar-refractivity contribution < 1.29 is 9.53 Å². The maximum absolute atomic E-state index is 11.9. The molecule has 3 aromatic heterocycles. The predicted molar refractivity (Wildman–Crippen MR) is 126 cm³/mol. The van der Waals surface area contributed by atoms with Crippen molar-refractivity contribution in [2.45, 2.75) is 19.4 Å². The van der Waals surface area contributed by atoms with E-state index in [0.29, 0.717) is 13.2 Å². The predicted octanol–water partition coefficient (Wildman–Crippen LogP) is 3.83. The summed E-state index contributed by atoms with van der Waals surface area (Å²) in [7, 11) is 0. The van der Waals surface area contributed by atoms with Gasteiger partial charge in [-0.05, 0) is 47.4 Å². The lowest BCUT2D eigenvalue weighted by molar-refractivity contribution is 0.181. The second-order valence-corrected chi connectivity index (χ2v) is 9.27. The van der Waals surface area contributed by atoms with Gasteiger partial charge in [0.05, 0.1) is 18.4 Å². The van der Waals surface area contributed by atoms with E-state index in [1.807, 2.05) is 41.6 Å². The van der Waals surface area contributed by atoms with Crippen LogP contribution in [0.15, 0.2) is 61.3 Å². The molecule has 0 radical (unpaired) electrons. The molecule has 0 unspecified atom stereocenters. The van der Waals surface area contributed by atoms with E-state index >= 15 is 0 Å². The Morgan fingerprint density at radius 1 is 1.06 bits per heavy atom. The Morgan fingerprint density at radius 3 is 2.88 bits per heavy atom. The van der Waals surface area contributed by atoms with Gasteiger partial charge in [-0.2, -0.15) is 5.10 Å². The molecule has 33 heavy (non-hydrogen) atoms. The number of amides is 1. The number of fused-ring (bicyclic) bond motifs is 1. The topological polar surface area (TPSA) is 76.4 Å². The zero-order valence-electron chi connectivity index (χ0n) is 17.9. The number of ether oxygens (including phenoxy) is 1. The van der Waals surface area contributed by atoms with Crippen LogP contribution >= 0.6 is 11.3 Å². The number of carbonyl (C=O) groups excluding carboxylic acids is 1. The summed E-state index contributed by atoms with van der Waals surface area (Å²) in [5.74, 6) is 0. The number of cyclic esters (lactones) is 1. The molecule has 4 aromatic rings. The SMILES string of the molecule is O=C1OCCN1c1ccc2c(c1)CN(c1ncc(Cc3cncc(-n4cccn4)c3)s1)CC2. The molecule has 2 aliphatic heterocycles. The first-order chi connectivity index (χ1) is 16.2. The van der Waals surface area contributed by atoms with Crippen LogP contribution < -0.4 is 9.80 Å². The number of anilines is 2. The van der Waals surface area contributed by atoms with Gasteiger partial charge in [0.2, 0.25) is 0 Å². The molecule has 5 heterocycles. The minimum Gasteiger partial charge on any atom is -0.447 e. The van der Waals surface area contributed by atoms with Crippen LogP contribution in [-0.2, 0) is 24.1 Å². The Bertz CT molecular complexity index is 1300. The van der Waals surface area contributed by atoms with Gasteiger partial charge in [0, 0.05) is 54.9 Å². The molecule has 0 saturated carbocycles. The van der Waals surface area contributed by atoms with Crippen molar-refractivity contribution in [3.8, 4) is 5.69 Å². The summed E-state index contributed by atoms with van der Waals surface area (Å²) in [5.41, 5.74) is 5.56. The lowest BCUT2D eigenvalue weighted by Gasteiger charge is -2.29. The first-order valence-corrected chi connectivity index (χ1v) is 11.7. The van der Waals surface area contributed by atoms with Crippen molar-refractivity contribution in [2.75, 3.05) is 29.5 Å². The average Bonchev–Trinajstić information content (AvgIpc) is 3.61. The maximum atomic E-state index is 11.9. The monoisotopic (exact) mass is 458 g/mol. The van der Waals surface area contributed by atoms with E-state index in [0.717, 1.165) is 48.0 Å². The first kappa shape index (κ1) is 19.9. The Labute approximate surface area is 195 Å². The van der Waals surface area contributed by atoms with Gasteiger partial charge in [-0.1, -0.05) is 6.07 Å². The highest BCUT2D eigenvalue weighted by atomic mass is 32.1. The smallest absolute Gasteiger partial charge is 0.414 e. The largest absolute Gasteiger partial charge is 0.447 e. The fraction of sp³-hybridized carbons (Fsp3) is 0.250. The third-order valence-corrected chi connectivity index (χ3v) is 7.07. The average molecular weight is 459 g/mol. The molecule has 0 spiro atoms. The quantitative estimate of drug-likeness (QED) is 0.452. The van der Waals surface area contributed by atoms with Crippen molar-refractivity contribution in [3.63, 3.8) is 0 Å². The Balaban J connectivity index is 1.18. The van der Waals surface area contributed by atoms with Crippen LogP contribution in [0.25, 0.3) is 5.69 Å². The lowest BCUT2D eigenvalue weighted by Crippen LogP contribution is -2.31. The van der Waals surface area contributed by atoms with Gasteiger partial charge in [-0.25, -0.2) is 14.5 Å². The van der Waals surface area contributed by atoms with Gasteiger partial charge < -0.3 is 9.64 Å². The third-order valence-electron chi connectivity index (χ3n) is 6.01. The van der Waals surface area contributed by atoms with Crippen molar-refractivity contribution in [1.82, 2.24) is 19.7 Å². The molecule has 0 bridgehead atoms. The maximum Gasteiger partial charge on any atom is 0.414 e. The van der Waals surface area contributed by atoms with E-state index in [1.54, 1.807) is 22.4 Å². The molecule has 2 aliphatic rings. The molecule has 1 aromatic carbocycles. The highest BCUT2D eigenvalue weighted by Gasteiger charge is 2.26. The Morgan fingerprint density at radius 2 is 2.03 bits per heavy atom. The molecule has 0 aliphatic carbocycles. The van der Waals surface area contributed by atoms with Crippen molar-refractivity contribution in [1.29, 1.82) is 0 Å². The molecule has 1 amide bonds. The lowest BCUT2D eigenvalue weighted by atomic mass is 9.99. The fourth-order valence-corrected chi connectivity index (χ4v) is 5.32. The molecule has 9 heteroatoms. The van der Waals surface area contributed by atoms with Gasteiger partial charge in [0.25, 0.3) is 0 Å². The van der Waals surface area contributed by atoms with Crippen LogP contribution in [0.2, 0.25) is 0 Å². The van der Waals surface area contributed by atoms with Crippen LogP contribution in [-0.4, -0.2) is 45.5 Å². The van der Waals surface area contributed by atoms with E-state index in [4.69, 9.17) is 9.72 Å². The summed E-state index contributed by atoms with van der Waals surface area (Å²) in [4.78, 5) is 26.3. The normalized spacial score (nSPS) is 15.6. The zero-order chi connectivity index (χ0) is 22.2. The fourth-order valence-electron chi connectivity index (χ4n) is 4.35. The molecule has 166 valence electrons. The third kappa shape index (κ3) is 3.95. The Hall–Kier alpha value is -3.72. The summed E-state index contributed by atoms with van der Waals surface area (Å²) in [6.45, 7) is 2.77. The molecule has 1 fully saturated rings. The molecule has 8 nitrogen and oxygen atoms in total. The summed E-state index contributed by atoms with van der Waals surface area (Å²) in [6, 6.07) is 10.3. The van der Waals surface area contributed by atoms with Gasteiger partial charge in [0.1, 0.15) is 6.61 Å². The number of hydrogen-bond donors (Lipinski definition) is 0. The van der Waals surface area contributed by atoms with Crippen molar-refractivity contribution in [2.24, 2.45) is 0 Å². The minimum absolute atomic E-state index is 0.265. The highest BCUT2D eigenvalue weighted by molar-refractivity contribution is 7.15. The number of pyridine rings is 1. The number of hydrogen-bond acceptors (Lipinski definition) is 7. The van der Waals surface area contributed by atoms with Crippen molar-refractivity contribution >= 4 is 28.2 Å². The van der Waals surface area contributed by atoms with Crippen LogP contribution in [0.1, 0.15) is 21.6 Å². The van der Waals surface area contributed by atoms with E-state index in [1.165, 1.54) is 16.0 Å². The van der Waals surface area contributed by atoms with Crippen LogP contribution in [0, 0.1) is 0 Å². The number of rotatable bonds is 5. The molecule has 1 saturated heterocycles. The zero-order valence-corrected chi connectivity index (χ0v) is 18.7. The summed E-state index contributed by atoms with van der Waals surface area (Å²) in [5, 5.41) is 5.31. The molecule has 0 atom stereocenters. The van der Waals surface area contributed by atoms with Crippen LogP contribution in [0.4, 0.5) is 15.6 Å². The number of carbonyl (C=O) groups is 1. The van der Waals surface area contributed by atoms with Crippen LogP contribution in [0.5, 0.6) is 0 Å². The van der Waals surface area contributed by atoms with Gasteiger partial charge in [-0.15, -0.1) is 11.3 Å². The standard InChI is InChI=1S/C24H22N6O2S/c31-24-29(8-9-32-24)20-3-2-18-4-7-28(16-19(18)12-20)23-26-15-22(33-23)11-17-10-21(14-25-13-17)30-6-1-5-27-30/h1-3,5-6,10,12-15H,4,7-9,11,16H2. The number of aromatic nitrogens is 4. The number of thiazole rings is 1. The molecule has 0 N–H and O–H groups in total. The van der Waals surface area contributed by atoms with E-state index in [2.05, 4.69) is 33.2 Å². The number of benzene rings is 1. The summed E-state index contributed by atoms with van der Waals surface area (Å²) in [6.07, 6.45) is 10.8. The van der Waals surface area contributed by atoms with Gasteiger partial charge in [-0.3, -0.25) is 9.88 Å². The molecular formula is C24H22N6O2S.